The minimum Gasteiger partial charge on any atom is -0.480 e. The van der Waals surface area contributed by atoms with Crippen molar-refractivity contribution in [1.29, 1.82) is 0 Å². The fraction of sp³-hybridized carbons (Fsp3) is 0.115. The normalized spacial score (nSPS) is 12.2. The molecule has 1 unspecified atom stereocenters. The lowest BCUT2D eigenvalue weighted by Crippen LogP contribution is -2.47. The summed E-state index contributed by atoms with van der Waals surface area (Å²) in [5.41, 5.74) is -0.120. The summed E-state index contributed by atoms with van der Waals surface area (Å²) < 4.78 is 5.07. The molecule has 4 aromatic rings. The Morgan fingerprint density at radius 2 is 1.38 bits per heavy atom. The first-order valence-corrected chi connectivity index (χ1v) is 10.2. The van der Waals surface area contributed by atoms with E-state index >= 15 is 0 Å². The maximum Gasteiger partial charge on any atom is 0.319 e. The van der Waals surface area contributed by atoms with E-state index in [9.17, 15) is 14.7 Å². The Morgan fingerprint density at radius 3 is 1.81 bits per heavy atom. The monoisotopic (exact) mass is 426 g/mol. The Labute approximate surface area is 185 Å². The lowest BCUT2D eigenvalue weighted by molar-refractivity contribution is -0.145. The Hall–Kier alpha value is -4.19. The molecule has 0 saturated heterocycles. The van der Waals surface area contributed by atoms with Gasteiger partial charge in [0.05, 0.1) is 5.92 Å². The number of nitrogens with zero attached hydrogens (tertiary/aromatic N) is 1. The number of hydrogen-bond donors (Lipinski definition) is 2. The fourth-order valence-electron chi connectivity index (χ4n) is 4.14. The average Bonchev–Trinajstić information content (AvgIpc) is 3.23. The van der Waals surface area contributed by atoms with Crippen molar-refractivity contribution >= 4 is 17.7 Å². The Morgan fingerprint density at radius 1 is 0.875 bits per heavy atom. The molecule has 0 aliphatic carbocycles. The van der Waals surface area contributed by atoms with E-state index in [-0.39, 0.29) is 5.82 Å². The summed E-state index contributed by atoms with van der Waals surface area (Å²) in [7, 11) is 0. The van der Waals surface area contributed by atoms with Gasteiger partial charge in [-0.15, -0.1) is 0 Å². The third kappa shape index (κ3) is 3.78. The highest BCUT2D eigenvalue weighted by Crippen LogP contribution is 2.45. The highest BCUT2D eigenvalue weighted by atomic mass is 16.5. The van der Waals surface area contributed by atoms with E-state index in [1.54, 1.807) is 85.8 Å². The number of benzene rings is 3. The molecule has 1 amide bonds. The van der Waals surface area contributed by atoms with Crippen LogP contribution in [0.5, 0.6) is 0 Å². The van der Waals surface area contributed by atoms with Gasteiger partial charge in [0.15, 0.2) is 5.82 Å². The first-order valence-electron chi connectivity index (χ1n) is 10.2. The second-order valence-electron chi connectivity index (χ2n) is 7.50. The molecular weight excluding hydrogens is 404 g/mol. The van der Waals surface area contributed by atoms with Gasteiger partial charge in [-0.1, -0.05) is 96.2 Å². The molecule has 0 aliphatic heterocycles. The van der Waals surface area contributed by atoms with Gasteiger partial charge in [-0.25, -0.2) is 0 Å². The molecule has 32 heavy (non-hydrogen) atoms. The second-order valence-corrected chi connectivity index (χ2v) is 7.50. The van der Waals surface area contributed by atoms with Crippen LogP contribution in [0.2, 0.25) is 0 Å². The molecule has 0 fully saturated rings. The molecule has 0 aliphatic rings. The summed E-state index contributed by atoms with van der Waals surface area (Å²) in [6.07, 6.45) is 0. The van der Waals surface area contributed by atoms with Crippen molar-refractivity contribution in [2.45, 2.75) is 18.3 Å². The molecule has 6 nitrogen and oxygen atoms in total. The van der Waals surface area contributed by atoms with Crippen LogP contribution < -0.4 is 5.32 Å². The zero-order chi connectivity index (χ0) is 22.6. The van der Waals surface area contributed by atoms with E-state index in [1.807, 2.05) is 18.2 Å². The van der Waals surface area contributed by atoms with Gasteiger partial charge < -0.3 is 14.9 Å². The molecule has 0 saturated carbocycles. The largest absolute Gasteiger partial charge is 0.480 e. The topological polar surface area (TPSA) is 92.4 Å². The number of anilines is 1. The van der Waals surface area contributed by atoms with Gasteiger partial charge in [0.1, 0.15) is 11.2 Å². The van der Waals surface area contributed by atoms with Crippen LogP contribution >= 0.6 is 0 Å². The molecule has 1 aromatic heterocycles. The van der Waals surface area contributed by atoms with Crippen molar-refractivity contribution in [3.05, 3.63) is 120 Å². The van der Waals surface area contributed by atoms with Crippen molar-refractivity contribution in [3.63, 3.8) is 0 Å². The smallest absolute Gasteiger partial charge is 0.319 e. The molecular formula is C26H22N2O4. The molecule has 160 valence electrons. The van der Waals surface area contributed by atoms with E-state index in [2.05, 4.69) is 10.5 Å². The van der Waals surface area contributed by atoms with Crippen LogP contribution in [0.1, 0.15) is 28.4 Å². The highest BCUT2D eigenvalue weighted by molar-refractivity contribution is 6.03. The molecule has 2 N–H and O–H groups in total. The number of carbonyl (C=O) groups excluding carboxylic acids is 1. The van der Waals surface area contributed by atoms with Gasteiger partial charge >= 0.3 is 5.97 Å². The molecule has 1 atom stereocenters. The SMILES string of the molecule is Cc1cc(NC(=O)C(c2ccccc2)C(C(=O)O)(c2ccccc2)c2ccccc2)no1. The minimum absolute atomic E-state index is 0.230. The number of aromatic nitrogens is 1. The zero-order valence-corrected chi connectivity index (χ0v) is 17.4. The van der Waals surface area contributed by atoms with Gasteiger partial charge in [0, 0.05) is 6.07 Å². The van der Waals surface area contributed by atoms with Crippen molar-refractivity contribution in [3.8, 4) is 0 Å². The molecule has 0 radical (unpaired) electrons. The summed E-state index contributed by atoms with van der Waals surface area (Å²) in [5.74, 6) is -1.96. The van der Waals surface area contributed by atoms with E-state index < -0.39 is 23.2 Å². The average molecular weight is 426 g/mol. The number of amides is 1. The van der Waals surface area contributed by atoms with Crippen LogP contribution in [0.4, 0.5) is 5.82 Å². The number of aryl methyl sites for hydroxylation is 1. The summed E-state index contributed by atoms with van der Waals surface area (Å²) in [5, 5.41) is 17.4. The van der Waals surface area contributed by atoms with Crippen LogP contribution in [-0.4, -0.2) is 22.1 Å². The van der Waals surface area contributed by atoms with Crippen molar-refractivity contribution in [1.82, 2.24) is 5.16 Å². The summed E-state index contributed by atoms with van der Waals surface area (Å²) in [6.45, 7) is 1.72. The third-order valence-electron chi connectivity index (χ3n) is 5.50. The van der Waals surface area contributed by atoms with Crippen LogP contribution in [-0.2, 0) is 15.0 Å². The van der Waals surface area contributed by atoms with Crippen LogP contribution in [0, 0.1) is 6.92 Å². The lowest BCUT2D eigenvalue weighted by Gasteiger charge is -2.37. The number of carbonyl (C=O) groups is 2. The van der Waals surface area contributed by atoms with Crippen LogP contribution in [0.3, 0.4) is 0 Å². The maximum atomic E-state index is 13.8. The second kappa shape index (κ2) is 8.89. The predicted molar refractivity (Wildman–Crippen MR) is 120 cm³/mol. The number of aliphatic carboxylic acids is 1. The standard InChI is InChI=1S/C26H22N2O4/c1-18-17-22(28-32-18)27-24(29)23(19-11-5-2-6-12-19)26(25(30)31,20-13-7-3-8-14-20)21-15-9-4-10-16-21/h2-17,23H,1H3,(H,30,31)(H,27,28,29). The summed E-state index contributed by atoms with van der Waals surface area (Å²) in [4.78, 5) is 26.9. The lowest BCUT2D eigenvalue weighted by atomic mass is 9.63. The first kappa shape index (κ1) is 21.1. The molecule has 1 heterocycles. The minimum atomic E-state index is -1.69. The van der Waals surface area contributed by atoms with Crippen molar-refractivity contribution in [2.75, 3.05) is 5.32 Å². The van der Waals surface area contributed by atoms with Gasteiger partial charge in [-0.2, -0.15) is 0 Å². The zero-order valence-electron chi connectivity index (χ0n) is 17.4. The number of nitrogens with one attached hydrogen (secondary N) is 1. The Kier molecular flexibility index (Phi) is 5.85. The van der Waals surface area contributed by atoms with E-state index in [1.165, 1.54) is 0 Å². The third-order valence-corrected chi connectivity index (χ3v) is 5.50. The first-order chi connectivity index (χ1) is 15.5. The van der Waals surface area contributed by atoms with Crippen LogP contribution in [0.25, 0.3) is 0 Å². The summed E-state index contributed by atoms with van der Waals surface area (Å²) in [6, 6.07) is 28.2. The highest BCUT2D eigenvalue weighted by Gasteiger charge is 2.53. The van der Waals surface area contributed by atoms with E-state index in [0.717, 1.165) is 0 Å². The van der Waals surface area contributed by atoms with Crippen LogP contribution in [0.15, 0.2) is 102 Å². The Balaban J connectivity index is 1.99. The predicted octanol–water partition coefficient (Wildman–Crippen LogP) is 4.78. The number of hydrogen-bond acceptors (Lipinski definition) is 4. The molecule has 6 heteroatoms. The van der Waals surface area contributed by atoms with Gasteiger partial charge in [-0.3, -0.25) is 9.59 Å². The van der Waals surface area contributed by atoms with Gasteiger partial charge in [0.25, 0.3) is 0 Å². The van der Waals surface area contributed by atoms with Gasteiger partial charge in [0.2, 0.25) is 5.91 Å². The van der Waals surface area contributed by atoms with E-state index in [0.29, 0.717) is 22.5 Å². The molecule has 4 rings (SSSR count). The Bertz CT molecular complexity index is 1160. The molecule has 0 spiro atoms. The van der Waals surface area contributed by atoms with Crippen molar-refractivity contribution < 1.29 is 19.2 Å². The maximum absolute atomic E-state index is 13.8. The van der Waals surface area contributed by atoms with E-state index in [4.69, 9.17) is 4.52 Å². The van der Waals surface area contributed by atoms with Crippen molar-refractivity contribution in [2.24, 2.45) is 0 Å². The molecule has 0 bridgehead atoms. The number of carboxylic acid groups (broad SMARTS) is 1. The fourth-order valence-corrected chi connectivity index (χ4v) is 4.14. The number of rotatable bonds is 7. The van der Waals surface area contributed by atoms with Gasteiger partial charge in [-0.05, 0) is 23.6 Å². The molecule has 3 aromatic carbocycles. The quantitative estimate of drug-likeness (QED) is 0.444. The number of carboxylic acids is 1. The summed E-state index contributed by atoms with van der Waals surface area (Å²) >= 11 is 0.